The van der Waals surface area contributed by atoms with Crippen LogP contribution in [0.4, 0.5) is 11.4 Å². The van der Waals surface area contributed by atoms with Crippen LogP contribution < -0.4 is 5.32 Å². The number of anilines is 2. The molecular formula is C21H23Cl2NO2. The normalized spacial score (nSPS) is 15.0. The van der Waals surface area contributed by atoms with Crippen LogP contribution in [0, 0.1) is 12.8 Å². The first-order valence-electron chi connectivity index (χ1n) is 9.03. The predicted octanol–water partition coefficient (Wildman–Crippen LogP) is 6.87. The molecule has 1 aliphatic carbocycles. The maximum Gasteiger partial charge on any atom is 0.335 e. The van der Waals surface area contributed by atoms with Crippen molar-refractivity contribution in [3.63, 3.8) is 0 Å². The minimum Gasteiger partial charge on any atom is -0.478 e. The molecule has 1 fully saturated rings. The molecule has 3 nitrogen and oxygen atoms in total. The number of rotatable bonds is 5. The number of hydrogen-bond donors (Lipinski definition) is 2. The second-order valence-corrected chi connectivity index (χ2v) is 7.92. The predicted molar refractivity (Wildman–Crippen MR) is 108 cm³/mol. The van der Waals surface area contributed by atoms with Crippen LogP contribution in [-0.4, -0.2) is 11.1 Å². The van der Waals surface area contributed by atoms with Gasteiger partial charge in [0, 0.05) is 5.69 Å². The fourth-order valence-electron chi connectivity index (χ4n) is 3.61. The lowest BCUT2D eigenvalue weighted by atomic mass is 9.84. The van der Waals surface area contributed by atoms with Crippen molar-refractivity contribution in [3.05, 3.63) is 57.1 Å². The molecule has 0 unspecified atom stereocenters. The Labute approximate surface area is 164 Å². The van der Waals surface area contributed by atoms with Gasteiger partial charge in [-0.3, -0.25) is 0 Å². The van der Waals surface area contributed by atoms with Gasteiger partial charge in [0.1, 0.15) is 0 Å². The van der Waals surface area contributed by atoms with E-state index in [1.807, 2.05) is 6.92 Å². The summed E-state index contributed by atoms with van der Waals surface area (Å²) in [6.07, 6.45) is 7.75. The SMILES string of the molecule is Cc1ccc(CC2CCCCC2)cc1Nc1c(Cl)cc(C(=O)O)cc1Cl. The monoisotopic (exact) mass is 391 g/mol. The molecule has 0 saturated heterocycles. The fraction of sp³-hybridized carbons (Fsp3) is 0.381. The molecule has 0 heterocycles. The van der Waals surface area contributed by atoms with Crippen molar-refractivity contribution < 1.29 is 9.90 Å². The van der Waals surface area contributed by atoms with Crippen LogP contribution in [0.3, 0.4) is 0 Å². The molecule has 0 aromatic heterocycles. The summed E-state index contributed by atoms with van der Waals surface area (Å²) in [6.45, 7) is 2.03. The molecule has 1 aliphatic rings. The van der Waals surface area contributed by atoms with Crippen molar-refractivity contribution >= 4 is 40.5 Å². The minimum absolute atomic E-state index is 0.0771. The molecule has 2 aromatic carbocycles. The van der Waals surface area contributed by atoms with Crippen LogP contribution in [0.25, 0.3) is 0 Å². The third-order valence-corrected chi connectivity index (χ3v) is 5.70. The van der Waals surface area contributed by atoms with E-state index in [0.717, 1.165) is 23.6 Å². The number of halogens is 2. The number of hydrogen-bond acceptors (Lipinski definition) is 2. The molecule has 3 rings (SSSR count). The van der Waals surface area contributed by atoms with Gasteiger partial charge in [-0.2, -0.15) is 0 Å². The first-order chi connectivity index (χ1) is 12.4. The maximum absolute atomic E-state index is 11.1. The summed E-state index contributed by atoms with van der Waals surface area (Å²) in [6, 6.07) is 9.28. The fourth-order valence-corrected chi connectivity index (χ4v) is 4.19. The summed E-state index contributed by atoms with van der Waals surface area (Å²) in [5.41, 5.74) is 3.96. The van der Waals surface area contributed by atoms with Gasteiger partial charge in [0.25, 0.3) is 0 Å². The van der Waals surface area contributed by atoms with Crippen LogP contribution in [0.2, 0.25) is 10.0 Å². The largest absolute Gasteiger partial charge is 0.478 e. The highest BCUT2D eigenvalue weighted by atomic mass is 35.5. The number of aryl methyl sites for hydroxylation is 1. The lowest BCUT2D eigenvalue weighted by molar-refractivity contribution is 0.0697. The summed E-state index contributed by atoms with van der Waals surface area (Å²) >= 11 is 12.5. The molecule has 0 spiro atoms. The summed E-state index contributed by atoms with van der Waals surface area (Å²) in [5, 5.41) is 13.0. The number of nitrogens with one attached hydrogen (secondary N) is 1. The van der Waals surface area contributed by atoms with Gasteiger partial charge in [0.15, 0.2) is 0 Å². The Morgan fingerprint density at radius 2 is 1.77 bits per heavy atom. The highest BCUT2D eigenvalue weighted by Gasteiger charge is 2.16. The maximum atomic E-state index is 11.1. The van der Waals surface area contributed by atoms with Gasteiger partial charge >= 0.3 is 5.97 Å². The van der Waals surface area contributed by atoms with Gasteiger partial charge in [-0.05, 0) is 48.6 Å². The average Bonchev–Trinajstić information content (AvgIpc) is 2.61. The number of carbonyl (C=O) groups is 1. The molecule has 5 heteroatoms. The quantitative estimate of drug-likeness (QED) is 0.584. The highest BCUT2D eigenvalue weighted by molar-refractivity contribution is 6.39. The first kappa shape index (κ1) is 19.1. The Bertz CT molecular complexity index is 791. The molecule has 0 bridgehead atoms. The second-order valence-electron chi connectivity index (χ2n) is 7.10. The smallest absolute Gasteiger partial charge is 0.335 e. The zero-order valence-electron chi connectivity index (χ0n) is 14.8. The topological polar surface area (TPSA) is 49.3 Å². The molecule has 0 amide bonds. The van der Waals surface area contributed by atoms with Crippen molar-refractivity contribution in [1.82, 2.24) is 0 Å². The molecule has 2 aromatic rings. The molecule has 0 atom stereocenters. The number of aromatic carboxylic acids is 1. The Balaban J connectivity index is 1.83. The van der Waals surface area contributed by atoms with Crippen LogP contribution in [-0.2, 0) is 6.42 Å². The standard InChI is InChI=1S/C21H23Cl2NO2/c1-13-7-8-15(9-14-5-3-2-4-6-14)10-19(13)24-20-17(22)11-16(21(25)26)12-18(20)23/h7-8,10-12,14,24H,2-6,9H2,1H3,(H,25,26). The Kier molecular flexibility index (Phi) is 6.10. The van der Waals surface area contributed by atoms with Crippen molar-refractivity contribution in [1.29, 1.82) is 0 Å². The van der Waals surface area contributed by atoms with Crippen LogP contribution in [0.5, 0.6) is 0 Å². The summed E-state index contributed by atoms with van der Waals surface area (Å²) < 4.78 is 0. The van der Waals surface area contributed by atoms with E-state index in [4.69, 9.17) is 28.3 Å². The molecule has 2 N–H and O–H groups in total. The van der Waals surface area contributed by atoms with E-state index in [1.165, 1.54) is 49.8 Å². The second kappa shape index (κ2) is 8.32. The molecular weight excluding hydrogens is 369 g/mol. The third-order valence-electron chi connectivity index (χ3n) is 5.10. The van der Waals surface area contributed by atoms with Crippen LogP contribution in [0.15, 0.2) is 30.3 Å². The number of benzene rings is 2. The zero-order chi connectivity index (χ0) is 18.7. The lowest BCUT2D eigenvalue weighted by Crippen LogP contribution is -2.09. The molecule has 138 valence electrons. The average molecular weight is 392 g/mol. The van der Waals surface area contributed by atoms with E-state index in [2.05, 4.69) is 23.5 Å². The van der Waals surface area contributed by atoms with Crippen molar-refractivity contribution in [3.8, 4) is 0 Å². The molecule has 0 aliphatic heterocycles. The van der Waals surface area contributed by atoms with Gasteiger partial charge in [0.2, 0.25) is 0 Å². The van der Waals surface area contributed by atoms with Crippen molar-refractivity contribution in [2.75, 3.05) is 5.32 Å². The van der Waals surface area contributed by atoms with E-state index < -0.39 is 5.97 Å². The number of carboxylic acid groups (broad SMARTS) is 1. The van der Waals surface area contributed by atoms with E-state index >= 15 is 0 Å². The Hall–Kier alpha value is -1.71. The van der Waals surface area contributed by atoms with Gasteiger partial charge in [-0.25, -0.2) is 4.79 Å². The van der Waals surface area contributed by atoms with E-state index in [-0.39, 0.29) is 5.56 Å². The Morgan fingerprint density at radius 1 is 1.12 bits per heavy atom. The van der Waals surface area contributed by atoms with Gasteiger partial charge in [0.05, 0.1) is 21.3 Å². The molecule has 0 radical (unpaired) electrons. The molecule has 26 heavy (non-hydrogen) atoms. The van der Waals surface area contributed by atoms with Crippen molar-refractivity contribution in [2.24, 2.45) is 5.92 Å². The van der Waals surface area contributed by atoms with Crippen molar-refractivity contribution in [2.45, 2.75) is 45.4 Å². The van der Waals surface area contributed by atoms with Gasteiger partial charge < -0.3 is 10.4 Å². The first-order valence-corrected chi connectivity index (χ1v) is 9.78. The summed E-state index contributed by atoms with van der Waals surface area (Å²) in [5.74, 6) is -0.285. The van der Waals surface area contributed by atoms with Crippen LogP contribution >= 0.6 is 23.2 Å². The van der Waals surface area contributed by atoms with E-state index in [0.29, 0.717) is 15.7 Å². The van der Waals surface area contributed by atoms with Crippen LogP contribution in [0.1, 0.15) is 53.6 Å². The summed E-state index contributed by atoms with van der Waals surface area (Å²) in [4.78, 5) is 11.1. The zero-order valence-corrected chi connectivity index (χ0v) is 16.3. The highest BCUT2D eigenvalue weighted by Crippen LogP contribution is 2.36. The van der Waals surface area contributed by atoms with Gasteiger partial charge in [-0.1, -0.05) is 67.4 Å². The van der Waals surface area contributed by atoms with E-state index in [1.54, 1.807) is 0 Å². The number of carboxylic acids is 1. The Morgan fingerprint density at radius 3 is 2.38 bits per heavy atom. The van der Waals surface area contributed by atoms with E-state index in [9.17, 15) is 4.79 Å². The third kappa shape index (κ3) is 4.52. The molecule has 1 saturated carbocycles. The minimum atomic E-state index is -1.05. The summed E-state index contributed by atoms with van der Waals surface area (Å²) in [7, 11) is 0. The van der Waals surface area contributed by atoms with Gasteiger partial charge in [-0.15, -0.1) is 0 Å². The lowest BCUT2D eigenvalue weighted by Gasteiger charge is -2.22.